The molecule has 0 radical (unpaired) electrons. The van der Waals surface area contributed by atoms with E-state index in [0.29, 0.717) is 17.6 Å². The molecule has 1 heterocycles. The standard InChI is InChI=1S/C12H17F2NO/c1-7-5-9(7)10-4-3-8(16-10)6-12(2,15)11(13)14/h3-4,7,9,11H,5-6,15H2,1-2H3. The summed E-state index contributed by atoms with van der Waals surface area (Å²) in [5, 5.41) is 0. The highest BCUT2D eigenvalue weighted by molar-refractivity contribution is 5.18. The normalized spacial score (nSPS) is 28.1. The lowest BCUT2D eigenvalue weighted by atomic mass is 9.99. The Hall–Kier alpha value is -0.900. The van der Waals surface area contributed by atoms with Crippen molar-refractivity contribution in [1.82, 2.24) is 0 Å². The van der Waals surface area contributed by atoms with Crippen molar-refractivity contribution in [3.8, 4) is 0 Å². The second kappa shape index (κ2) is 3.84. The fraction of sp³-hybridized carbons (Fsp3) is 0.667. The molecule has 2 N–H and O–H groups in total. The van der Waals surface area contributed by atoms with Gasteiger partial charge in [-0.15, -0.1) is 0 Å². The highest BCUT2D eigenvalue weighted by Gasteiger charge is 2.37. The van der Waals surface area contributed by atoms with E-state index in [4.69, 9.17) is 10.2 Å². The van der Waals surface area contributed by atoms with E-state index in [0.717, 1.165) is 12.2 Å². The third-order valence-electron chi connectivity index (χ3n) is 3.21. The van der Waals surface area contributed by atoms with E-state index in [2.05, 4.69) is 6.92 Å². The van der Waals surface area contributed by atoms with Crippen LogP contribution in [0.2, 0.25) is 0 Å². The molecular formula is C12H17F2NO. The molecular weight excluding hydrogens is 212 g/mol. The maximum Gasteiger partial charge on any atom is 0.256 e. The summed E-state index contributed by atoms with van der Waals surface area (Å²) < 4.78 is 30.7. The number of halogens is 2. The fourth-order valence-electron chi connectivity index (χ4n) is 1.86. The summed E-state index contributed by atoms with van der Waals surface area (Å²) in [4.78, 5) is 0. The van der Waals surface area contributed by atoms with Crippen LogP contribution in [0.5, 0.6) is 0 Å². The predicted octanol–water partition coefficient (Wildman–Crippen LogP) is 2.93. The van der Waals surface area contributed by atoms with Gasteiger partial charge in [0.25, 0.3) is 6.43 Å². The van der Waals surface area contributed by atoms with E-state index >= 15 is 0 Å². The van der Waals surface area contributed by atoms with Crippen LogP contribution in [0.4, 0.5) is 8.78 Å². The summed E-state index contributed by atoms with van der Waals surface area (Å²) in [6.45, 7) is 3.50. The third-order valence-corrected chi connectivity index (χ3v) is 3.21. The number of hydrogen-bond donors (Lipinski definition) is 1. The zero-order valence-corrected chi connectivity index (χ0v) is 9.54. The van der Waals surface area contributed by atoms with Crippen molar-refractivity contribution in [2.75, 3.05) is 0 Å². The molecule has 0 spiro atoms. The quantitative estimate of drug-likeness (QED) is 0.862. The molecule has 1 saturated carbocycles. The van der Waals surface area contributed by atoms with Gasteiger partial charge in [0.1, 0.15) is 11.5 Å². The Balaban J connectivity index is 2.03. The van der Waals surface area contributed by atoms with Crippen LogP contribution in [0, 0.1) is 5.92 Å². The Morgan fingerprint density at radius 1 is 1.56 bits per heavy atom. The van der Waals surface area contributed by atoms with Gasteiger partial charge in [-0.2, -0.15) is 0 Å². The van der Waals surface area contributed by atoms with Crippen LogP contribution in [0.25, 0.3) is 0 Å². The van der Waals surface area contributed by atoms with Crippen LogP contribution < -0.4 is 5.73 Å². The van der Waals surface area contributed by atoms with Crippen molar-refractivity contribution in [3.63, 3.8) is 0 Å². The predicted molar refractivity (Wildman–Crippen MR) is 57.5 cm³/mol. The molecule has 0 saturated heterocycles. The van der Waals surface area contributed by atoms with E-state index in [9.17, 15) is 8.78 Å². The van der Waals surface area contributed by atoms with E-state index in [-0.39, 0.29) is 6.42 Å². The summed E-state index contributed by atoms with van der Waals surface area (Å²) in [6, 6.07) is 3.64. The van der Waals surface area contributed by atoms with Crippen molar-refractivity contribution in [2.24, 2.45) is 11.7 Å². The van der Waals surface area contributed by atoms with Gasteiger partial charge in [0.05, 0.1) is 5.54 Å². The van der Waals surface area contributed by atoms with Crippen molar-refractivity contribution in [2.45, 2.75) is 44.6 Å². The van der Waals surface area contributed by atoms with Crippen LogP contribution in [0.1, 0.15) is 37.7 Å². The molecule has 1 aliphatic rings. The van der Waals surface area contributed by atoms with Crippen LogP contribution >= 0.6 is 0 Å². The smallest absolute Gasteiger partial charge is 0.256 e. The molecule has 0 amide bonds. The van der Waals surface area contributed by atoms with Crippen LogP contribution in [0.3, 0.4) is 0 Å². The Kier molecular flexibility index (Phi) is 2.78. The monoisotopic (exact) mass is 229 g/mol. The summed E-state index contributed by atoms with van der Waals surface area (Å²) in [7, 11) is 0. The highest BCUT2D eigenvalue weighted by Crippen LogP contribution is 2.47. The molecule has 90 valence electrons. The lowest BCUT2D eigenvalue weighted by molar-refractivity contribution is 0.0608. The highest BCUT2D eigenvalue weighted by atomic mass is 19.3. The number of nitrogens with two attached hydrogens (primary N) is 1. The van der Waals surface area contributed by atoms with Crippen LogP contribution in [0.15, 0.2) is 16.5 Å². The number of furan rings is 1. The van der Waals surface area contributed by atoms with E-state index in [1.165, 1.54) is 6.92 Å². The minimum atomic E-state index is -2.54. The van der Waals surface area contributed by atoms with Crippen molar-refractivity contribution in [1.29, 1.82) is 0 Å². The number of alkyl halides is 2. The van der Waals surface area contributed by atoms with Gasteiger partial charge < -0.3 is 10.2 Å². The largest absolute Gasteiger partial charge is 0.466 e. The molecule has 3 unspecified atom stereocenters. The molecule has 0 aromatic carbocycles. The SMILES string of the molecule is CC1CC1c1ccc(CC(C)(N)C(F)F)o1. The van der Waals surface area contributed by atoms with Gasteiger partial charge in [-0.25, -0.2) is 8.78 Å². The molecule has 1 aromatic heterocycles. The lowest BCUT2D eigenvalue weighted by Crippen LogP contribution is -2.45. The molecule has 16 heavy (non-hydrogen) atoms. The summed E-state index contributed by atoms with van der Waals surface area (Å²) in [6.07, 6.45) is -1.34. The van der Waals surface area contributed by atoms with E-state index in [1.54, 1.807) is 6.07 Å². The first-order valence-corrected chi connectivity index (χ1v) is 5.56. The van der Waals surface area contributed by atoms with Crippen LogP contribution in [-0.4, -0.2) is 12.0 Å². The molecule has 1 aromatic rings. The first kappa shape index (κ1) is 11.6. The van der Waals surface area contributed by atoms with Gasteiger partial charge in [-0.05, 0) is 31.4 Å². The molecule has 0 aliphatic heterocycles. The Morgan fingerprint density at radius 2 is 2.19 bits per heavy atom. The van der Waals surface area contributed by atoms with Crippen LogP contribution in [-0.2, 0) is 6.42 Å². The first-order chi connectivity index (χ1) is 7.40. The average Bonchev–Trinajstić information content (AvgIpc) is 2.73. The molecule has 4 heteroatoms. The average molecular weight is 229 g/mol. The Morgan fingerprint density at radius 3 is 2.69 bits per heavy atom. The van der Waals surface area contributed by atoms with Crippen molar-refractivity contribution < 1.29 is 13.2 Å². The summed E-state index contributed by atoms with van der Waals surface area (Å²) >= 11 is 0. The topological polar surface area (TPSA) is 39.2 Å². The minimum absolute atomic E-state index is 0.0752. The Labute approximate surface area is 93.8 Å². The van der Waals surface area contributed by atoms with Gasteiger partial charge in [0.2, 0.25) is 0 Å². The molecule has 1 fully saturated rings. The summed E-state index contributed by atoms with van der Waals surface area (Å²) in [5.74, 6) is 2.59. The Bertz CT molecular complexity index is 373. The van der Waals surface area contributed by atoms with Gasteiger partial charge in [-0.3, -0.25) is 0 Å². The summed E-state index contributed by atoms with van der Waals surface area (Å²) in [5.41, 5.74) is 4.00. The lowest BCUT2D eigenvalue weighted by Gasteiger charge is -2.21. The molecule has 2 nitrogen and oxygen atoms in total. The molecule has 3 atom stereocenters. The molecule has 0 bridgehead atoms. The number of rotatable bonds is 4. The molecule has 1 aliphatic carbocycles. The first-order valence-electron chi connectivity index (χ1n) is 5.56. The second-order valence-corrected chi connectivity index (χ2v) is 5.11. The molecule has 2 rings (SSSR count). The van der Waals surface area contributed by atoms with E-state index in [1.807, 2.05) is 6.07 Å². The zero-order valence-electron chi connectivity index (χ0n) is 9.54. The number of hydrogen-bond acceptors (Lipinski definition) is 2. The minimum Gasteiger partial charge on any atom is -0.466 e. The maximum absolute atomic E-state index is 12.6. The second-order valence-electron chi connectivity index (χ2n) is 5.11. The zero-order chi connectivity index (χ0) is 11.9. The van der Waals surface area contributed by atoms with Crippen molar-refractivity contribution >= 4 is 0 Å². The van der Waals surface area contributed by atoms with Gasteiger partial charge >= 0.3 is 0 Å². The van der Waals surface area contributed by atoms with Gasteiger partial charge in [-0.1, -0.05) is 6.92 Å². The third kappa shape index (κ3) is 2.26. The van der Waals surface area contributed by atoms with Gasteiger partial charge in [0, 0.05) is 12.3 Å². The fourth-order valence-corrected chi connectivity index (χ4v) is 1.86. The van der Waals surface area contributed by atoms with Crippen molar-refractivity contribution in [3.05, 3.63) is 23.7 Å². The van der Waals surface area contributed by atoms with Gasteiger partial charge in [0.15, 0.2) is 0 Å². The van der Waals surface area contributed by atoms with E-state index < -0.39 is 12.0 Å². The maximum atomic E-state index is 12.6.